The van der Waals surface area contributed by atoms with E-state index in [0.29, 0.717) is 4.90 Å². The largest absolute Gasteiger partial charge is 0.397 e. The second-order valence-corrected chi connectivity index (χ2v) is 6.00. The zero-order valence-corrected chi connectivity index (χ0v) is 11.9. The Morgan fingerprint density at radius 1 is 1.40 bits per heavy atom. The molecule has 0 aromatic rings. The van der Waals surface area contributed by atoms with E-state index in [1.807, 2.05) is 0 Å². The fourth-order valence-electron chi connectivity index (χ4n) is 2.48. The molecule has 120 valence electrons. The normalized spacial score (nSPS) is 34.1. The Bertz CT molecular complexity index is 402. The molecule has 6 N–H and O–H groups in total. The van der Waals surface area contributed by atoms with Gasteiger partial charge in [-0.25, -0.2) is 4.18 Å². The molecule has 1 rings (SSSR count). The van der Waals surface area contributed by atoms with Crippen molar-refractivity contribution in [2.45, 2.75) is 43.8 Å². The molecule has 0 amide bonds. The third-order valence-corrected chi connectivity index (χ3v) is 4.04. The predicted molar refractivity (Wildman–Crippen MR) is 66.3 cm³/mol. The molecular weight excluding hydrogens is 294 g/mol. The summed E-state index contributed by atoms with van der Waals surface area (Å²) < 4.78 is 34.3. The van der Waals surface area contributed by atoms with Crippen molar-refractivity contribution in [3.63, 3.8) is 0 Å². The maximum Gasteiger partial charge on any atom is 0.397 e. The number of likely N-dealkylation sites (tertiary alicyclic amines) is 1. The number of quaternary nitrogens is 1. The lowest BCUT2D eigenvalue weighted by atomic mass is 10.1. The molecule has 1 heterocycles. The van der Waals surface area contributed by atoms with Crippen LogP contribution in [-0.2, 0) is 14.6 Å². The van der Waals surface area contributed by atoms with Crippen LogP contribution in [0.1, 0.15) is 13.3 Å². The van der Waals surface area contributed by atoms with Crippen molar-refractivity contribution < 1.29 is 42.5 Å². The highest BCUT2D eigenvalue weighted by Gasteiger charge is 2.44. The van der Waals surface area contributed by atoms with Gasteiger partial charge in [0.15, 0.2) is 0 Å². The van der Waals surface area contributed by atoms with Crippen LogP contribution < -0.4 is 4.90 Å². The molecular formula is C10H22NO8S+. The minimum absolute atomic E-state index is 0.0344. The van der Waals surface area contributed by atoms with Crippen LogP contribution in [0.4, 0.5) is 0 Å². The summed E-state index contributed by atoms with van der Waals surface area (Å²) in [7, 11) is -4.67. The summed E-state index contributed by atoms with van der Waals surface area (Å²) in [4.78, 5) is 0.539. The standard InChI is InChI=1S/C10H21NO8S/c1-2-9(19-20(16,17)18)7(13)3-11-4-8(14)10(15)6(11)5-12/h6-10,12-15H,2-5H2,1H3,(H,16,17,18)/p+1/t6-,7-,8-,9+,10-/m0/s1. The lowest BCUT2D eigenvalue weighted by Crippen LogP contribution is -3.16. The van der Waals surface area contributed by atoms with Gasteiger partial charge in [0.05, 0.1) is 6.61 Å². The van der Waals surface area contributed by atoms with Gasteiger partial charge in [-0.3, -0.25) is 4.55 Å². The van der Waals surface area contributed by atoms with Crippen LogP contribution in [0.5, 0.6) is 0 Å². The van der Waals surface area contributed by atoms with E-state index >= 15 is 0 Å². The van der Waals surface area contributed by atoms with Crippen molar-refractivity contribution >= 4 is 10.4 Å². The van der Waals surface area contributed by atoms with Crippen molar-refractivity contribution in [1.29, 1.82) is 0 Å². The summed E-state index contributed by atoms with van der Waals surface area (Å²) in [5.41, 5.74) is 0. The Hall–Kier alpha value is -0.330. The average molecular weight is 316 g/mol. The highest BCUT2D eigenvalue weighted by Crippen LogP contribution is 2.08. The van der Waals surface area contributed by atoms with E-state index in [-0.39, 0.29) is 26.1 Å². The molecule has 6 atom stereocenters. The third kappa shape index (κ3) is 4.60. The van der Waals surface area contributed by atoms with Gasteiger partial charge in [0.1, 0.15) is 43.5 Å². The highest BCUT2D eigenvalue weighted by molar-refractivity contribution is 7.80. The molecule has 1 aliphatic rings. The first-order valence-electron chi connectivity index (χ1n) is 6.34. The molecule has 9 nitrogen and oxygen atoms in total. The van der Waals surface area contributed by atoms with Crippen LogP contribution in [-0.4, -0.2) is 83.6 Å². The number of hydrogen-bond donors (Lipinski definition) is 6. The number of rotatable bonds is 7. The summed E-state index contributed by atoms with van der Waals surface area (Å²) >= 11 is 0. The van der Waals surface area contributed by atoms with E-state index in [9.17, 15) is 28.8 Å². The zero-order valence-electron chi connectivity index (χ0n) is 11.1. The first-order chi connectivity index (χ1) is 9.19. The summed E-state index contributed by atoms with van der Waals surface area (Å²) in [6.45, 7) is 1.28. The molecule has 1 unspecified atom stereocenters. The van der Waals surface area contributed by atoms with Gasteiger partial charge in [0.25, 0.3) is 0 Å². The monoisotopic (exact) mass is 316 g/mol. The Balaban J connectivity index is 2.66. The van der Waals surface area contributed by atoms with Crippen LogP contribution in [0.3, 0.4) is 0 Å². The predicted octanol–water partition coefficient (Wildman–Crippen LogP) is -4.07. The van der Waals surface area contributed by atoms with Gasteiger partial charge >= 0.3 is 10.4 Å². The van der Waals surface area contributed by atoms with E-state index < -0.39 is 40.9 Å². The molecule has 1 aliphatic heterocycles. The third-order valence-electron chi connectivity index (χ3n) is 3.55. The Morgan fingerprint density at radius 2 is 2.00 bits per heavy atom. The minimum atomic E-state index is -4.67. The molecule has 0 bridgehead atoms. The van der Waals surface area contributed by atoms with Crippen LogP contribution >= 0.6 is 0 Å². The molecule has 1 saturated heterocycles. The van der Waals surface area contributed by atoms with E-state index in [2.05, 4.69) is 4.18 Å². The lowest BCUT2D eigenvalue weighted by molar-refractivity contribution is -0.918. The molecule has 10 heteroatoms. The molecule has 0 saturated carbocycles. The van der Waals surface area contributed by atoms with Crippen molar-refractivity contribution in [1.82, 2.24) is 0 Å². The van der Waals surface area contributed by atoms with Gasteiger partial charge in [-0.2, -0.15) is 8.42 Å². The van der Waals surface area contributed by atoms with Crippen LogP contribution in [0.15, 0.2) is 0 Å². The van der Waals surface area contributed by atoms with Gasteiger partial charge < -0.3 is 25.3 Å². The van der Waals surface area contributed by atoms with Crippen molar-refractivity contribution in [2.24, 2.45) is 0 Å². The summed E-state index contributed by atoms with van der Waals surface area (Å²) in [6, 6.07) is -0.664. The molecule has 20 heavy (non-hydrogen) atoms. The maximum absolute atomic E-state index is 10.7. The smallest absolute Gasteiger partial charge is 0.390 e. The van der Waals surface area contributed by atoms with Gasteiger partial charge in [-0.15, -0.1) is 0 Å². The maximum atomic E-state index is 10.7. The lowest BCUT2D eigenvalue weighted by Gasteiger charge is -2.26. The SMILES string of the molecule is CC[C@@H](OS(=O)(=O)O)[C@@H](O)C[NH+]1C[C@H](O)[C@@H](O)[C@@H]1CO. The van der Waals surface area contributed by atoms with E-state index in [0.717, 1.165) is 0 Å². The summed E-state index contributed by atoms with van der Waals surface area (Å²) in [5.74, 6) is 0. The second-order valence-electron chi connectivity index (χ2n) is 4.95. The molecule has 1 fully saturated rings. The summed E-state index contributed by atoms with van der Waals surface area (Å²) in [5, 5.41) is 38.3. The van der Waals surface area contributed by atoms with E-state index in [1.165, 1.54) is 0 Å². The van der Waals surface area contributed by atoms with E-state index in [1.54, 1.807) is 6.92 Å². The zero-order chi connectivity index (χ0) is 15.5. The molecule has 0 aromatic heterocycles. The van der Waals surface area contributed by atoms with Crippen LogP contribution in [0.2, 0.25) is 0 Å². The highest BCUT2D eigenvalue weighted by atomic mass is 32.3. The Morgan fingerprint density at radius 3 is 2.45 bits per heavy atom. The van der Waals surface area contributed by atoms with Crippen molar-refractivity contribution in [3.05, 3.63) is 0 Å². The van der Waals surface area contributed by atoms with Crippen LogP contribution in [0, 0.1) is 0 Å². The average Bonchev–Trinajstić information content (AvgIpc) is 2.60. The first kappa shape index (κ1) is 17.7. The summed E-state index contributed by atoms with van der Waals surface area (Å²) in [6.07, 6.45) is -4.35. The number of aliphatic hydroxyl groups excluding tert-OH is 4. The number of hydrogen-bond acceptors (Lipinski definition) is 7. The van der Waals surface area contributed by atoms with Crippen molar-refractivity contribution in [2.75, 3.05) is 19.7 Å². The van der Waals surface area contributed by atoms with Crippen molar-refractivity contribution in [3.8, 4) is 0 Å². The van der Waals surface area contributed by atoms with Gasteiger partial charge in [-0.05, 0) is 6.42 Å². The quantitative estimate of drug-likeness (QED) is 0.260. The second kappa shape index (κ2) is 7.09. The van der Waals surface area contributed by atoms with Gasteiger partial charge in [0, 0.05) is 0 Å². The molecule has 0 aliphatic carbocycles. The fraction of sp³-hybridized carbons (Fsp3) is 1.00. The first-order valence-corrected chi connectivity index (χ1v) is 7.71. The fourth-order valence-corrected chi connectivity index (χ4v) is 3.06. The Labute approximate surface area is 117 Å². The van der Waals surface area contributed by atoms with E-state index in [4.69, 9.17) is 4.55 Å². The number of aliphatic hydroxyl groups is 4. The molecule has 0 radical (unpaired) electrons. The van der Waals surface area contributed by atoms with Crippen LogP contribution in [0.25, 0.3) is 0 Å². The molecule has 0 spiro atoms. The topological polar surface area (TPSA) is 149 Å². The molecule has 0 aromatic carbocycles. The van der Waals surface area contributed by atoms with Gasteiger partial charge in [0.2, 0.25) is 0 Å². The van der Waals surface area contributed by atoms with Gasteiger partial charge in [-0.1, -0.05) is 6.92 Å². The minimum Gasteiger partial charge on any atom is -0.390 e. The number of nitrogens with one attached hydrogen (secondary N) is 1. The Kier molecular flexibility index (Phi) is 6.28.